The van der Waals surface area contributed by atoms with Crippen molar-refractivity contribution < 1.29 is 8.42 Å². The lowest BCUT2D eigenvalue weighted by Crippen LogP contribution is -2.28. The highest BCUT2D eigenvalue weighted by molar-refractivity contribution is 8.03. The molecule has 9 heavy (non-hydrogen) atoms. The van der Waals surface area contributed by atoms with E-state index in [-0.39, 0.29) is 10.1 Å². The second-order valence-corrected chi connectivity index (χ2v) is 4.38. The topological polar surface area (TPSA) is 46.2 Å². The van der Waals surface area contributed by atoms with Crippen LogP contribution in [-0.4, -0.2) is 18.5 Å². The second kappa shape index (κ2) is 3.28. The number of rotatable bonds is 2. The van der Waals surface area contributed by atoms with Crippen LogP contribution in [0.3, 0.4) is 0 Å². The molecule has 0 aromatic rings. The molecular formula is C3H6NO2S3-. The third-order valence-electron chi connectivity index (χ3n) is 0.619. The molecule has 0 aliphatic heterocycles. The Balaban J connectivity index is 4.06. The van der Waals surface area contributed by atoms with Crippen LogP contribution in [0.2, 0.25) is 0 Å². The van der Waals surface area contributed by atoms with E-state index in [2.05, 4.69) is 24.8 Å². The van der Waals surface area contributed by atoms with Gasteiger partial charge in [-0.1, -0.05) is 4.32 Å². The molecule has 0 rings (SSSR count). The first kappa shape index (κ1) is 9.06. The molecule has 0 radical (unpaired) electrons. The number of sulfonamides is 1. The third-order valence-corrected chi connectivity index (χ3v) is 2.36. The van der Waals surface area contributed by atoms with Crippen LogP contribution in [0, 0.1) is 0 Å². The number of hydrogen-bond acceptors (Lipinski definition) is 4. The summed E-state index contributed by atoms with van der Waals surface area (Å²) in [6.07, 6.45) is 0. The van der Waals surface area contributed by atoms with E-state index in [9.17, 15) is 8.42 Å². The fraction of sp³-hybridized carbons (Fsp3) is 0.667. The molecule has 0 aliphatic rings. The SMILES string of the molecule is CCS(=O)(=O)NC(=S)[S-]. The Kier molecular flexibility index (Phi) is 3.31. The van der Waals surface area contributed by atoms with E-state index in [1.807, 2.05) is 4.72 Å². The molecule has 0 heterocycles. The summed E-state index contributed by atoms with van der Waals surface area (Å²) in [5.74, 6) is 0.00375. The van der Waals surface area contributed by atoms with Gasteiger partial charge in [0.1, 0.15) is 0 Å². The molecule has 0 saturated carbocycles. The Bertz CT molecular complexity index is 195. The van der Waals surface area contributed by atoms with E-state index in [0.717, 1.165) is 0 Å². The summed E-state index contributed by atoms with van der Waals surface area (Å²) < 4.78 is 22.9. The first-order chi connectivity index (χ1) is 3.98. The van der Waals surface area contributed by atoms with E-state index in [1.54, 1.807) is 0 Å². The molecule has 0 spiro atoms. The monoisotopic (exact) mass is 184 g/mol. The quantitative estimate of drug-likeness (QED) is 0.475. The van der Waals surface area contributed by atoms with Crippen LogP contribution in [0.1, 0.15) is 6.92 Å². The highest BCUT2D eigenvalue weighted by atomic mass is 32.2. The lowest BCUT2D eigenvalue weighted by Gasteiger charge is -2.07. The molecule has 0 aromatic carbocycles. The maximum Gasteiger partial charge on any atom is 0.231 e. The zero-order chi connectivity index (χ0) is 7.49. The van der Waals surface area contributed by atoms with Crippen molar-refractivity contribution in [3.63, 3.8) is 0 Å². The van der Waals surface area contributed by atoms with Crippen molar-refractivity contribution in [2.75, 3.05) is 5.75 Å². The van der Waals surface area contributed by atoms with Crippen molar-refractivity contribution in [3.05, 3.63) is 0 Å². The van der Waals surface area contributed by atoms with Crippen LogP contribution in [-0.2, 0) is 22.7 Å². The van der Waals surface area contributed by atoms with Gasteiger partial charge in [-0.3, -0.25) is 0 Å². The van der Waals surface area contributed by atoms with Crippen LogP contribution in [0.4, 0.5) is 0 Å². The number of nitrogens with one attached hydrogen (secondary N) is 1. The van der Waals surface area contributed by atoms with E-state index in [4.69, 9.17) is 0 Å². The highest BCUT2D eigenvalue weighted by Crippen LogP contribution is 1.81. The summed E-state index contributed by atoms with van der Waals surface area (Å²) in [6, 6.07) is 0. The Morgan fingerprint density at radius 2 is 2.22 bits per heavy atom. The minimum Gasteiger partial charge on any atom is -0.410 e. The van der Waals surface area contributed by atoms with Gasteiger partial charge in [0.05, 0.1) is 5.75 Å². The summed E-state index contributed by atoms with van der Waals surface area (Å²) in [7, 11) is -3.21. The third kappa shape index (κ3) is 4.56. The molecule has 6 heteroatoms. The lowest BCUT2D eigenvalue weighted by molar-refractivity contribution is 0.594. The van der Waals surface area contributed by atoms with E-state index >= 15 is 0 Å². The minimum absolute atomic E-state index is 0.00375. The summed E-state index contributed by atoms with van der Waals surface area (Å²) in [4.78, 5) is 0. The number of hydrogen-bond donors (Lipinski definition) is 1. The Labute approximate surface area is 65.3 Å². The van der Waals surface area contributed by atoms with Gasteiger partial charge in [0.15, 0.2) is 0 Å². The fourth-order valence-corrected chi connectivity index (χ4v) is 1.36. The molecule has 0 unspecified atom stereocenters. The molecule has 0 fully saturated rings. The van der Waals surface area contributed by atoms with Gasteiger partial charge in [-0.25, -0.2) is 8.42 Å². The van der Waals surface area contributed by atoms with E-state index in [0.29, 0.717) is 0 Å². The predicted molar refractivity (Wildman–Crippen MR) is 42.6 cm³/mol. The number of thiocarbonyl (C=S) groups is 1. The smallest absolute Gasteiger partial charge is 0.231 e. The highest BCUT2D eigenvalue weighted by Gasteiger charge is 2.00. The standard InChI is InChI=1S/C3H7NO2S3/c1-2-9(5,6)4-3(7)8/h2H2,1H3,(H2,4,7,8)/p-1. The van der Waals surface area contributed by atoms with Gasteiger partial charge in [-0.05, 0) is 6.92 Å². The molecule has 54 valence electrons. The van der Waals surface area contributed by atoms with E-state index in [1.165, 1.54) is 6.92 Å². The van der Waals surface area contributed by atoms with Gasteiger partial charge in [-0.2, -0.15) is 0 Å². The van der Waals surface area contributed by atoms with Gasteiger partial charge in [-0.15, -0.1) is 0 Å². The summed E-state index contributed by atoms with van der Waals surface area (Å²) in [5, 5.41) is 0. The summed E-state index contributed by atoms with van der Waals surface area (Å²) in [5.41, 5.74) is 0. The molecule has 0 bridgehead atoms. The lowest BCUT2D eigenvalue weighted by atomic mass is 11.0. The normalized spacial score (nSPS) is 10.8. The van der Waals surface area contributed by atoms with Gasteiger partial charge in [0.25, 0.3) is 0 Å². The molecule has 0 aliphatic carbocycles. The molecular weight excluding hydrogens is 178 g/mol. The molecule has 0 aromatic heterocycles. The van der Waals surface area contributed by atoms with Crippen molar-refractivity contribution in [2.24, 2.45) is 0 Å². The van der Waals surface area contributed by atoms with Crippen LogP contribution >= 0.6 is 12.2 Å². The average molecular weight is 184 g/mol. The molecule has 0 amide bonds. The van der Waals surface area contributed by atoms with Crippen molar-refractivity contribution in [1.29, 1.82) is 0 Å². The second-order valence-electron chi connectivity index (χ2n) is 1.29. The van der Waals surface area contributed by atoms with Gasteiger partial charge in [0.2, 0.25) is 10.0 Å². The first-order valence-electron chi connectivity index (χ1n) is 2.19. The summed E-state index contributed by atoms with van der Waals surface area (Å²) in [6.45, 7) is 1.51. The average Bonchev–Trinajstić information content (AvgIpc) is 1.63. The van der Waals surface area contributed by atoms with Crippen molar-refractivity contribution >= 4 is 39.2 Å². The zero-order valence-corrected chi connectivity index (χ0v) is 7.20. The Morgan fingerprint density at radius 3 is 2.33 bits per heavy atom. The molecule has 0 saturated heterocycles. The van der Waals surface area contributed by atoms with Crippen LogP contribution in [0.25, 0.3) is 0 Å². The van der Waals surface area contributed by atoms with E-state index < -0.39 is 10.0 Å². The summed E-state index contributed by atoms with van der Waals surface area (Å²) >= 11 is 8.67. The van der Waals surface area contributed by atoms with Crippen LogP contribution in [0.5, 0.6) is 0 Å². The van der Waals surface area contributed by atoms with Crippen molar-refractivity contribution in [2.45, 2.75) is 6.92 Å². The predicted octanol–water partition coefficient (Wildman–Crippen LogP) is -0.243. The minimum atomic E-state index is -3.21. The molecule has 0 atom stereocenters. The fourth-order valence-electron chi connectivity index (χ4n) is 0.199. The van der Waals surface area contributed by atoms with Crippen LogP contribution < -0.4 is 4.72 Å². The molecule has 1 N–H and O–H groups in total. The van der Waals surface area contributed by atoms with Gasteiger partial charge >= 0.3 is 0 Å². The Morgan fingerprint density at radius 1 is 1.78 bits per heavy atom. The zero-order valence-electron chi connectivity index (χ0n) is 4.75. The first-order valence-corrected chi connectivity index (χ1v) is 4.66. The maximum absolute atomic E-state index is 10.5. The Hall–Kier alpha value is 0.0600. The molecule has 3 nitrogen and oxygen atoms in total. The largest absolute Gasteiger partial charge is 0.410 e. The van der Waals surface area contributed by atoms with Gasteiger partial charge in [0, 0.05) is 0 Å². The van der Waals surface area contributed by atoms with Crippen LogP contribution in [0.15, 0.2) is 0 Å². The van der Waals surface area contributed by atoms with Gasteiger partial charge < -0.3 is 29.6 Å². The van der Waals surface area contributed by atoms with Crippen molar-refractivity contribution in [1.82, 2.24) is 4.72 Å². The maximum atomic E-state index is 10.5. The van der Waals surface area contributed by atoms with Crippen molar-refractivity contribution in [3.8, 4) is 0 Å².